The van der Waals surface area contributed by atoms with E-state index in [-0.39, 0.29) is 11.9 Å². The average Bonchev–Trinajstić information content (AvgIpc) is 2.77. The van der Waals surface area contributed by atoms with E-state index in [0.717, 1.165) is 18.2 Å². The van der Waals surface area contributed by atoms with E-state index in [1.165, 1.54) is 41.7 Å². The maximum absolute atomic E-state index is 12.1. The maximum atomic E-state index is 12.1. The Bertz CT molecular complexity index is 492. The first-order valence-electron chi connectivity index (χ1n) is 7.46. The van der Waals surface area contributed by atoms with E-state index in [1.807, 2.05) is 0 Å². The molecule has 110 valence electrons. The van der Waals surface area contributed by atoms with Gasteiger partial charge in [-0.2, -0.15) is 0 Å². The van der Waals surface area contributed by atoms with E-state index in [0.29, 0.717) is 13.0 Å². The molecule has 2 aliphatic rings. The Hall–Kier alpha value is -0.910. The van der Waals surface area contributed by atoms with Gasteiger partial charge >= 0.3 is 0 Å². The molecule has 1 saturated heterocycles. The molecular weight excluding hydrogens is 272 g/mol. The van der Waals surface area contributed by atoms with Crippen molar-refractivity contribution >= 4 is 22.2 Å². The molecule has 2 heterocycles. The number of rotatable bonds is 3. The lowest BCUT2D eigenvalue weighted by atomic mass is 9.96. The number of aryl methyl sites for hydroxylation is 1. The Labute approximate surface area is 123 Å². The van der Waals surface area contributed by atoms with Gasteiger partial charge in [0.25, 0.3) is 0 Å². The van der Waals surface area contributed by atoms with Crippen molar-refractivity contribution in [3.05, 3.63) is 16.0 Å². The number of nitrogens with one attached hydrogen (secondary N) is 2. The third-order valence-corrected chi connectivity index (χ3v) is 5.43. The summed E-state index contributed by atoms with van der Waals surface area (Å²) >= 11 is 1.77. The molecule has 20 heavy (non-hydrogen) atoms. The number of morpholine rings is 1. The molecule has 0 radical (unpaired) electrons. The van der Waals surface area contributed by atoms with E-state index in [9.17, 15) is 4.79 Å². The normalized spacial score (nSPS) is 22.4. The molecule has 1 aliphatic heterocycles. The molecule has 5 heteroatoms. The molecule has 1 amide bonds. The summed E-state index contributed by atoms with van der Waals surface area (Å²) < 4.78 is 5.38. The van der Waals surface area contributed by atoms with Crippen molar-refractivity contribution in [2.24, 2.45) is 0 Å². The standard InChI is InChI=1S/C15H22N2O2S/c1-10-12-4-2-3-5-13(12)20-15(10)17-14(18)8-11-9-19-7-6-16-11/h11,16H,2-9H2,1H3,(H,17,18). The molecule has 0 spiro atoms. The largest absolute Gasteiger partial charge is 0.378 e. The van der Waals surface area contributed by atoms with E-state index in [2.05, 4.69) is 17.6 Å². The molecule has 0 aromatic carbocycles. The van der Waals surface area contributed by atoms with Crippen molar-refractivity contribution < 1.29 is 9.53 Å². The highest BCUT2D eigenvalue weighted by molar-refractivity contribution is 7.16. The van der Waals surface area contributed by atoms with Crippen molar-refractivity contribution in [3.63, 3.8) is 0 Å². The maximum Gasteiger partial charge on any atom is 0.226 e. The number of anilines is 1. The first-order chi connectivity index (χ1) is 9.74. The Balaban J connectivity index is 1.62. The van der Waals surface area contributed by atoms with Gasteiger partial charge in [0.15, 0.2) is 0 Å². The fraction of sp³-hybridized carbons (Fsp3) is 0.667. The van der Waals surface area contributed by atoms with Gasteiger partial charge in [-0.25, -0.2) is 0 Å². The minimum atomic E-state index is 0.0923. The Morgan fingerprint density at radius 1 is 1.45 bits per heavy atom. The van der Waals surface area contributed by atoms with Gasteiger partial charge in [-0.1, -0.05) is 0 Å². The SMILES string of the molecule is Cc1c(NC(=O)CC2COCCN2)sc2c1CCCC2. The average molecular weight is 294 g/mol. The van der Waals surface area contributed by atoms with E-state index in [4.69, 9.17) is 4.74 Å². The zero-order valence-electron chi connectivity index (χ0n) is 12.0. The number of hydrogen-bond donors (Lipinski definition) is 2. The van der Waals surface area contributed by atoms with Gasteiger partial charge in [0.2, 0.25) is 5.91 Å². The predicted molar refractivity (Wildman–Crippen MR) is 81.6 cm³/mol. The fourth-order valence-corrected chi connectivity index (χ4v) is 4.31. The van der Waals surface area contributed by atoms with Gasteiger partial charge < -0.3 is 15.4 Å². The van der Waals surface area contributed by atoms with Gasteiger partial charge in [-0.3, -0.25) is 4.79 Å². The molecule has 2 N–H and O–H groups in total. The molecule has 1 aromatic rings. The summed E-state index contributed by atoms with van der Waals surface area (Å²) in [5.74, 6) is 0.0923. The van der Waals surface area contributed by atoms with Crippen LogP contribution in [0.1, 0.15) is 35.3 Å². The second-order valence-corrected chi connectivity index (χ2v) is 6.75. The van der Waals surface area contributed by atoms with Crippen LogP contribution in [0, 0.1) is 6.92 Å². The summed E-state index contributed by atoms with van der Waals surface area (Å²) in [5, 5.41) is 7.47. The number of amides is 1. The Morgan fingerprint density at radius 2 is 2.30 bits per heavy atom. The molecule has 3 rings (SSSR count). The minimum absolute atomic E-state index is 0.0923. The molecule has 0 saturated carbocycles. The smallest absolute Gasteiger partial charge is 0.226 e. The highest BCUT2D eigenvalue weighted by Crippen LogP contribution is 2.37. The van der Waals surface area contributed by atoms with E-state index >= 15 is 0 Å². The van der Waals surface area contributed by atoms with Crippen LogP contribution in [0.3, 0.4) is 0 Å². The molecule has 0 bridgehead atoms. The second-order valence-electron chi connectivity index (χ2n) is 5.64. The number of carbonyl (C=O) groups excluding carboxylic acids is 1. The zero-order valence-corrected chi connectivity index (χ0v) is 12.8. The summed E-state index contributed by atoms with van der Waals surface area (Å²) in [4.78, 5) is 13.6. The minimum Gasteiger partial charge on any atom is -0.378 e. The number of ether oxygens (including phenoxy) is 1. The molecule has 1 aromatic heterocycles. The van der Waals surface area contributed by atoms with Crippen LogP contribution in [-0.2, 0) is 22.4 Å². The van der Waals surface area contributed by atoms with Crippen LogP contribution in [0.4, 0.5) is 5.00 Å². The van der Waals surface area contributed by atoms with Crippen LogP contribution in [0.15, 0.2) is 0 Å². The highest BCUT2D eigenvalue weighted by atomic mass is 32.1. The van der Waals surface area contributed by atoms with Crippen molar-refractivity contribution in [1.29, 1.82) is 0 Å². The third-order valence-electron chi connectivity index (χ3n) is 4.12. The third kappa shape index (κ3) is 3.05. The van der Waals surface area contributed by atoms with Crippen molar-refractivity contribution in [1.82, 2.24) is 5.32 Å². The molecule has 1 fully saturated rings. The lowest BCUT2D eigenvalue weighted by molar-refractivity contribution is -0.117. The lowest BCUT2D eigenvalue weighted by Crippen LogP contribution is -2.43. The van der Waals surface area contributed by atoms with E-state index < -0.39 is 0 Å². The quantitative estimate of drug-likeness (QED) is 0.899. The monoisotopic (exact) mass is 294 g/mol. The summed E-state index contributed by atoms with van der Waals surface area (Å²) in [7, 11) is 0. The Kier molecular flexibility index (Phi) is 4.38. The first-order valence-corrected chi connectivity index (χ1v) is 8.28. The number of thiophene rings is 1. The number of fused-ring (bicyclic) bond motifs is 1. The van der Waals surface area contributed by atoms with Crippen LogP contribution < -0.4 is 10.6 Å². The number of hydrogen-bond acceptors (Lipinski definition) is 4. The number of carbonyl (C=O) groups is 1. The Morgan fingerprint density at radius 3 is 3.05 bits per heavy atom. The molecular formula is C15H22N2O2S. The van der Waals surface area contributed by atoms with Crippen molar-refractivity contribution in [2.75, 3.05) is 25.1 Å². The van der Waals surface area contributed by atoms with Crippen molar-refractivity contribution in [2.45, 2.75) is 45.1 Å². The summed E-state index contributed by atoms with van der Waals surface area (Å²) in [5.41, 5.74) is 2.77. The molecule has 1 unspecified atom stereocenters. The van der Waals surface area contributed by atoms with Gasteiger partial charge in [0, 0.05) is 23.9 Å². The van der Waals surface area contributed by atoms with Crippen LogP contribution >= 0.6 is 11.3 Å². The van der Waals surface area contributed by atoms with Gasteiger partial charge in [0.1, 0.15) is 0 Å². The van der Waals surface area contributed by atoms with Crippen LogP contribution in [0.5, 0.6) is 0 Å². The summed E-state index contributed by atoms with van der Waals surface area (Å²) in [6.45, 7) is 4.35. The van der Waals surface area contributed by atoms with E-state index in [1.54, 1.807) is 11.3 Å². The molecule has 4 nitrogen and oxygen atoms in total. The molecule has 1 atom stereocenters. The first kappa shape index (κ1) is 14.0. The molecule has 1 aliphatic carbocycles. The van der Waals surface area contributed by atoms with Gasteiger partial charge in [-0.05, 0) is 43.7 Å². The topological polar surface area (TPSA) is 50.4 Å². The predicted octanol–water partition coefficient (Wildman–Crippen LogP) is 2.25. The summed E-state index contributed by atoms with van der Waals surface area (Å²) in [6, 6.07) is 0.152. The van der Waals surface area contributed by atoms with Gasteiger partial charge in [-0.15, -0.1) is 11.3 Å². The highest BCUT2D eigenvalue weighted by Gasteiger charge is 2.21. The summed E-state index contributed by atoms with van der Waals surface area (Å²) in [6.07, 6.45) is 5.40. The van der Waals surface area contributed by atoms with Gasteiger partial charge in [0.05, 0.1) is 18.2 Å². The van der Waals surface area contributed by atoms with Crippen LogP contribution in [0.2, 0.25) is 0 Å². The zero-order chi connectivity index (χ0) is 13.9. The lowest BCUT2D eigenvalue weighted by Gasteiger charge is -2.23. The second kappa shape index (κ2) is 6.24. The van der Waals surface area contributed by atoms with Crippen LogP contribution in [-0.4, -0.2) is 31.7 Å². The van der Waals surface area contributed by atoms with Crippen molar-refractivity contribution in [3.8, 4) is 0 Å². The van der Waals surface area contributed by atoms with Crippen LogP contribution in [0.25, 0.3) is 0 Å². The fourth-order valence-electron chi connectivity index (χ4n) is 3.00.